The van der Waals surface area contributed by atoms with Gasteiger partial charge in [-0.15, -0.1) is 0 Å². The molecular weight excluding hydrogens is 400 g/mol. The fourth-order valence-electron chi connectivity index (χ4n) is 2.40. The van der Waals surface area contributed by atoms with Gasteiger partial charge in [-0.1, -0.05) is 0 Å². The van der Waals surface area contributed by atoms with Crippen LogP contribution < -0.4 is 19.5 Å². The van der Waals surface area contributed by atoms with Gasteiger partial charge in [-0.25, -0.2) is 13.2 Å². The van der Waals surface area contributed by atoms with E-state index in [-0.39, 0.29) is 10.6 Å². The van der Waals surface area contributed by atoms with Gasteiger partial charge in [0.15, 0.2) is 11.5 Å². The normalized spacial score (nSPS) is 12.0. The van der Waals surface area contributed by atoms with E-state index in [4.69, 9.17) is 9.47 Å². The number of rotatable bonds is 8. The summed E-state index contributed by atoms with van der Waals surface area (Å²) in [6.45, 7) is 1.41. The number of methoxy groups -OCH3 is 3. The quantitative estimate of drug-likeness (QED) is 0.622. The van der Waals surface area contributed by atoms with E-state index in [0.29, 0.717) is 17.0 Å². The minimum absolute atomic E-state index is 0.0720. The van der Waals surface area contributed by atoms with Crippen molar-refractivity contribution in [2.24, 2.45) is 0 Å². The van der Waals surface area contributed by atoms with Gasteiger partial charge in [0.25, 0.3) is 0 Å². The zero-order chi connectivity index (χ0) is 21.6. The van der Waals surface area contributed by atoms with E-state index in [1.54, 1.807) is 0 Å². The van der Waals surface area contributed by atoms with E-state index in [1.165, 1.54) is 70.7 Å². The van der Waals surface area contributed by atoms with Gasteiger partial charge >= 0.3 is 5.97 Å². The van der Waals surface area contributed by atoms with Crippen LogP contribution in [0.4, 0.5) is 5.69 Å². The molecule has 9 nitrogen and oxygen atoms in total. The van der Waals surface area contributed by atoms with Crippen molar-refractivity contribution >= 4 is 27.6 Å². The maximum atomic E-state index is 12.6. The van der Waals surface area contributed by atoms with E-state index in [0.717, 1.165) is 0 Å². The highest BCUT2D eigenvalue weighted by Gasteiger charge is 2.23. The summed E-state index contributed by atoms with van der Waals surface area (Å²) in [7, 11) is 0.116. The van der Waals surface area contributed by atoms with Crippen molar-refractivity contribution in [1.29, 1.82) is 0 Å². The Morgan fingerprint density at radius 2 is 1.55 bits per heavy atom. The molecule has 0 heterocycles. The highest BCUT2D eigenvalue weighted by Crippen LogP contribution is 2.29. The minimum Gasteiger partial charge on any atom is -0.493 e. The lowest BCUT2D eigenvalue weighted by Crippen LogP contribution is -2.41. The Morgan fingerprint density at radius 1 is 0.931 bits per heavy atom. The van der Waals surface area contributed by atoms with Crippen molar-refractivity contribution in [3.8, 4) is 11.5 Å². The molecule has 0 saturated heterocycles. The van der Waals surface area contributed by atoms with Crippen LogP contribution in [0.25, 0.3) is 0 Å². The number of esters is 1. The van der Waals surface area contributed by atoms with Crippen molar-refractivity contribution in [2.45, 2.75) is 17.9 Å². The largest absolute Gasteiger partial charge is 0.493 e. The molecule has 1 amide bonds. The number of nitrogens with one attached hydrogen (secondary N) is 2. The predicted molar refractivity (Wildman–Crippen MR) is 106 cm³/mol. The number of benzene rings is 2. The first-order chi connectivity index (χ1) is 13.7. The monoisotopic (exact) mass is 422 g/mol. The van der Waals surface area contributed by atoms with Gasteiger partial charge < -0.3 is 19.5 Å². The number of hydrogen-bond donors (Lipinski definition) is 2. The molecule has 0 bridgehead atoms. The third kappa shape index (κ3) is 5.46. The summed E-state index contributed by atoms with van der Waals surface area (Å²) in [4.78, 5) is 23.7. The van der Waals surface area contributed by atoms with E-state index in [2.05, 4.69) is 14.8 Å². The zero-order valence-electron chi connectivity index (χ0n) is 16.4. The second kappa shape index (κ2) is 9.39. The molecule has 0 unspecified atom stereocenters. The fraction of sp³-hybridized carbons (Fsp3) is 0.263. The highest BCUT2D eigenvalue weighted by atomic mass is 32.2. The average molecular weight is 422 g/mol. The fourth-order valence-corrected chi connectivity index (χ4v) is 3.61. The Morgan fingerprint density at radius 3 is 2.10 bits per heavy atom. The van der Waals surface area contributed by atoms with Crippen molar-refractivity contribution in [3.63, 3.8) is 0 Å². The Kier molecular flexibility index (Phi) is 7.18. The summed E-state index contributed by atoms with van der Waals surface area (Å²) < 4.78 is 42.3. The van der Waals surface area contributed by atoms with E-state index in [9.17, 15) is 18.0 Å². The third-order valence-corrected chi connectivity index (χ3v) is 5.50. The molecule has 0 aliphatic carbocycles. The van der Waals surface area contributed by atoms with Crippen LogP contribution >= 0.6 is 0 Å². The lowest BCUT2D eigenvalue weighted by molar-refractivity contribution is -0.117. The van der Waals surface area contributed by atoms with E-state index >= 15 is 0 Å². The van der Waals surface area contributed by atoms with Gasteiger partial charge in [0.1, 0.15) is 0 Å². The second-order valence-electron chi connectivity index (χ2n) is 5.92. The molecule has 10 heteroatoms. The van der Waals surface area contributed by atoms with Gasteiger partial charge in [0.2, 0.25) is 15.9 Å². The first-order valence-electron chi connectivity index (χ1n) is 8.45. The average Bonchev–Trinajstić information content (AvgIpc) is 2.72. The second-order valence-corrected chi connectivity index (χ2v) is 7.63. The molecule has 2 aromatic rings. The summed E-state index contributed by atoms with van der Waals surface area (Å²) in [6, 6.07) is 9.05. The molecule has 0 radical (unpaired) electrons. The first-order valence-corrected chi connectivity index (χ1v) is 9.93. The van der Waals surface area contributed by atoms with Gasteiger partial charge in [-0.05, 0) is 43.3 Å². The zero-order valence-corrected chi connectivity index (χ0v) is 17.2. The van der Waals surface area contributed by atoms with Crippen LogP contribution in [-0.2, 0) is 19.6 Å². The lowest BCUT2D eigenvalue weighted by Gasteiger charge is -2.15. The van der Waals surface area contributed by atoms with Gasteiger partial charge in [0.05, 0.1) is 37.8 Å². The Labute approximate surface area is 169 Å². The first kappa shape index (κ1) is 22.2. The van der Waals surface area contributed by atoms with Crippen molar-refractivity contribution in [2.75, 3.05) is 26.6 Å². The smallest absolute Gasteiger partial charge is 0.337 e. The van der Waals surface area contributed by atoms with Gasteiger partial charge in [-0.2, -0.15) is 4.72 Å². The van der Waals surface area contributed by atoms with Crippen LogP contribution in [0.15, 0.2) is 47.4 Å². The SMILES string of the molecule is COC(=O)c1ccc(NC(=O)[C@@H](C)NS(=O)(=O)c2ccc(OC)c(OC)c2)cc1. The summed E-state index contributed by atoms with van der Waals surface area (Å²) in [5, 5.41) is 2.58. The van der Waals surface area contributed by atoms with Crippen LogP contribution in [0.1, 0.15) is 17.3 Å². The summed E-state index contributed by atoms with van der Waals surface area (Å²) in [6.07, 6.45) is 0. The summed E-state index contributed by atoms with van der Waals surface area (Å²) >= 11 is 0. The molecule has 2 rings (SSSR count). The standard InChI is InChI=1S/C19H22N2O7S/c1-12(18(22)20-14-7-5-13(6-8-14)19(23)28-4)21-29(24,25)15-9-10-16(26-2)17(11-15)27-3/h5-12,21H,1-4H3,(H,20,22)/t12-/m1/s1. The third-order valence-electron chi connectivity index (χ3n) is 3.96. The summed E-state index contributed by atoms with van der Waals surface area (Å²) in [5.41, 5.74) is 0.729. The molecule has 2 N–H and O–H groups in total. The van der Waals surface area contributed by atoms with E-state index in [1.807, 2.05) is 0 Å². The predicted octanol–water partition coefficient (Wildman–Crippen LogP) is 1.80. The van der Waals surface area contributed by atoms with Crippen LogP contribution in [0.5, 0.6) is 11.5 Å². The van der Waals surface area contributed by atoms with Crippen LogP contribution in [0.2, 0.25) is 0 Å². The molecule has 0 saturated carbocycles. The van der Waals surface area contributed by atoms with Crippen LogP contribution in [-0.4, -0.2) is 47.7 Å². The Balaban J connectivity index is 2.09. The molecule has 0 aromatic heterocycles. The Bertz CT molecular complexity index is 988. The topological polar surface area (TPSA) is 120 Å². The lowest BCUT2D eigenvalue weighted by atomic mass is 10.2. The number of hydrogen-bond acceptors (Lipinski definition) is 7. The van der Waals surface area contributed by atoms with Gasteiger partial charge in [-0.3, -0.25) is 4.79 Å². The highest BCUT2D eigenvalue weighted by molar-refractivity contribution is 7.89. The Hall–Kier alpha value is -3.11. The number of carbonyl (C=O) groups excluding carboxylic acids is 2. The van der Waals surface area contributed by atoms with Crippen molar-refractivity contribution < 1.29 is 32.2 Å². The van der Waals surface area contributed by atoms with Crippen LogP contribution in [0, 0.1) is 0 Å². The number of anilines is 1. The molecule has 0 aliphatic rings. The molecule has 2 aromatic carbocycles. The molecule has 1 atom stereocenters. The number of sulfonamides is 1. The molecular formula is C19H22N2O7S. The van der Waals surface area contributed by atoms with E-state index < -0.39 is 27.9 Å². The van der Waals surface area contributed by atoms with Crippen molar-refractivity contribution in [1.82, 2.24) is 4.72 Å². The minimum atomic E-state index is -3.98. The summed E-state index contributed by atoms with van der Waals surface area (Å²) in [5.74, 6) is -0.440. The number of amides is 1. The van der Waals surface area contributed by atoms with Gasteiger partial charge in [0, 0.05) is 11.8 Å². The maximum Gasteiger partial charge on any atom is 0.337 e. The van der Waals surface area contributed by atoms with Crippen molar-refractivity contribution in [3.05, 3.63) is 48.0 Å². The maximum absolute atomic E-state index is 12.6. The van der Waals surface area contributed by atoms with Crippen LogP contribution in [0.3, 0.4) is 0 Å². The molecule has 156 valence electrons. The number of ether oxygens (including phenoxy) is 3. The molecule has 29 heavy (non-hydrogen) atoms. The molecule has 0 aliphatic heterocycles. The molecule has 0 fully saturated rings. The number of carbonyl (C=O) groups is 2. The molecule has 0 spiro atoms.